The number of hydrogen-bond donors (Lipinski definition) is 2. The Morgan fingerprint density at radius 2 is 2.22 bits per heavy atom. The largest absolute Gasteiger partial charge is 1.00 e. The smallest absolute Gasteiger partial charge is 1.00 e. The van der Waals surface area contributed by atoms with E-state index in [-0.39, 0.29) is 31.0 Å². The molecule has 0 atom stereocenters. The molecule has 0 unspecified atom stereocenters. The Hall–Kier alpha value is 0.450. The van der Waals surface area contributed by atoms with Crippen molar-refractivity contribution in [3.05, 3.63) is 15.3 Å². The van der Waals surface area contributed by atoms with Crippen LogP contribution in [0.1, 0.15) is 1.43 Å². The molecule has 1 rings (SSSR count). The molecule has 6 heteroatoms. The maximum atomic E-state index is 4.74. The standard InChI is InChI=1S/C3H3N3S2.Na.H/c7-2-1-4-6-5-3(2)8;;/h1H,(H,6,7)(H,4,5,8);;/q;+1;-1. The van der Waals surface area contributed by atoms with E-state index in [0.29, 0.717) is 9.15 Å². The summed E-state index contributed by atoms with van der Waals surface area (Å²) >= 11 is 9.46. The number of nitrogens with one attached hydrogen (secondary N) is 2. The molecule has 1 aromatic heterocycles. The van der Waals surface area contributed by atoms with Crippen LogP contribution in [-0.2, 0) is 0 Å². The Morgan fingerprint density at radius 3 is 2.56 bits per heavy atom. The first-order valence-electron chi connectivity index (χ1n) is 1.93. The summed E-state index contributed by atoms with van der Waals surface area (Å²) in [5.41, 5.74) is 0. The Balaban J connectivity index is 0. The average Bonchev–Trinajstić information content (AvgIpc) is 1.77. The summed E-state index contributed by atoms with van der Waals surface area (Å²) in [4.78, 5) is 0. The molecule has 0 bridgehead atoms. The van der Waals surface area contributed by atoms with Gasteiger partial charge in [-0.2, -0.15) is 5.10 Å². The Bertz CT molecular complexity index is 252. The summed E-state index contributed by atoms with van der Waals surface area (Å²) in [5, 5.41) is 8.62. The van der Waals surface area contributed by atoms with Gasteiger partial charge in [-0.1, -0.05) is 24.4 Å². The minimum Gasteiger partial charge on any atom is -1.00 e. The summed E-state index contributed by atoms with van der Waals surface area (Å²) in [7, 11) is 0. The molecule has 0 aliphatic carbocycles. The van der Waals surface area contributed by atoms with Crippen LogP contribution in [0.25, 0.3) is 0 Å². The first-order chi connectivity index (χ1) is 3.80. The van der Waals surface area contributed by atoms with Crippen LogP contribution in [0.4, 0.5) is 0 Å². The average molecular weight is 169 g/mol. The van der Waals surface area contributed by atoms with Gasteiger partial charge >= 0.3 is 29.6 Å². The number of H-pyrrole nitrogens is 2. The third kappa shape index (κ3) is 2.68. The molecule has 1 heterocycles. The molecule has 44 valence electrons. The van der Waals surface area contributed by atoms with Gasteiger partial charge in [-0.05, 0) is 0 Å². The molecule has 0 saturated carbocycles. The van der Waals surface area contributed by atoms with Gasteiger partial charge in [0, 0.05) is 0 Å². The molecule has 0 aliphatic rings. The van der Waals surface area contributed by atoms with Crippen molar-refractivity contribution in [2.45, 2.75) is 0 Å². The molecule has 0 radical (unpaired) electrons. The van der Waals surface area contributed by atoms with E-state index >= 15 is 0 Å². The van der Waals surface area contributed by atoms with Gasteiger partial charge in [-0.15, -0.1) is 0 Å². The van der Waals surface area contributed by atoms with Gasteiger partial charge in [0.15, 0.2) is 0 Å². The van der Waals surface area contributed by atoms with Crippen molar-refractivity contribution in [1.29, 1.82) is 0 Å². The summed E-state index contributed by atoms with van der Waals surface area (Å²) in [6.45, 7) is 0. The zero-order chi connectivity index (χ0) is 5.98. The van der Waals surface area contributed by atoms with Crippen LogP contribution in [0.15, 0.2) is 6.20 Å². The molecule has 9 heavy (non-hydrogen) atoms. The topological polar surface area (TPSA) is 44.5 Å². The summed E-state index contributed by atoms with van der Waals surface area (Å²) in [6.07, 6.45) is 1.49. The van der Waals surface area contributed by atoms with E-state index in [1.165, 1.54) is 6.20 Å². The van der Waals surface area contributed by atoms with E-state index in [0.717, 1.165) is 0 Å². The van der Waals surface area contributed by atoms with E-state index < -0.39 is 0 Å². The molecule has 0 aliphatic heterocycles. The minimum absolute atomic E-state index is 0. The van der Waals surface area contributed by atoms with Gasteiger partial charge in [0.25, 0.3) is 0 Å². The van der Waals surface area contributed by atoms with Crippen molar-refractivity contribution in [2.24, 2.45) is 0 Å². The Morgan fingerprint density at radius 1 is 1.56 bits per heavy atom. The molecule has 1 aromatic rings. The molecule has 0 aromatic carbocycles. The molecule has 0 saturated heterocycles. The molecule has 0 spiro atoms. The van der Waals surface area contributed by atoms with Crippen molar-refractivity contribution in [3.8, 4) is 0 Å². The van der Waals surface area contributed by atoms with Gasteiger partial charge < -0.3 is 1.43 Å². The van der Waals surface area contributed by atoms with E-state index in [4.69, 9.17) is 24.4 Å². The fourth-order valence-corrected chi connectivity index (χ4v) is 0.496. The van der Waals surface area contributed by atoms with Gasteiger partial charge in [0.2, 0.25) is 0 Å². The first-order valence-corrected chi connectivity index (χ1v) is 2.75. The van der Waals surface area contributed by atoms with Crippen molar-refractivity contribution < 1.29 is 31.0 Å². The molecular weight excluding hydrogens is 165 g/mol. The fourth-order valence-electron chi connectivity index (χ4n) is 0.294. The van der Waals surface area contributed by atoms with E-state index in [9.17, 15) is 0 Å². The number of nitrogens with zero attached hydrogens (tertiary/aromatic N) is 1. The fraction of sp³-hybridized carbons (Fsp3) is 0. The summed E-state index contributed by atoms with van der Waals surface area (Å²) in [6, 6.07) is 0. The van der Waals surface area contributed by atoms with Crippen molar-refractivity contribution in [3.63, 3.8) is 0 Å². The van der Waals surface area contributed by atoms with Crippen LogP contribution < -0.4 is 29.6 Å². The predicted octanol–water partition coefficient (Wildman–Crippen LogP) is -1.69. The maximum absolute atomic E-state index is 4.74. The normalized spacial score (nSPS) is 8.00. The summed E-state index contributed by atoms with van der Waals surface area (Å²) in [5.74, 6) is 0. The van der Waals surface area contributed by atoms with Crippen molar-refractivity contribution in [2.75, 3.05) is 0 Å². The molecule has 0 amide bonds. The van der Waals surface area contributed by atoms with E-state index in [1.807, 2.05) is 0 Å². The van der Waals surface area contributed by atoms with Crippen molar-refractivity contribution >= 4 is 24.4 Å². The van der Waals surface area contributed by atoms with Crippen LogP contribution in [0.2, 0.25) is 0 Å². The zero-order valence-corrected chi connectivity index (χ0v) is 8.47. The third-order valence-corrected chi connectivity index (χ3v) is 1.40. The van der Waals surface area contributed by atoms with Crippen LogP contribution in [-0.4, -0.2) is 15.4 Å². The number of aromatic amines is 2. The predicted molar refractivity (Wildman–Crippen MR) is 35.7 cm³/mol. The number of aromatic nitrogens is 3. The second kappa shape index (κ2) is 4.29. The maximum Gasteiger partial charge on any atom is 1.00 e. The second-order valence-corrected chi connectivity index (χ2v) is 2.04. The van der Waals surface area contributed by atoms with Crippen LogP contribution >= 0.6 is 24.4 Å². The molecular formula is C3H4N3NaS2. The van der Waals surface area contributed by atoms with Crippen LogP contribution in [0, 0.1) is 9.15 Å². The first kappa shape index (κ1) is 9.45. The number of rotatable bonds is 0. The Kier molecular flexibility index (Phi) is 4.51. The monoisotopic (exact) mass is 169 g/mol. The number of hydrogen-bond acceptors (Lipinski definition) is 3. The quantitative estimate of drug-likeness (QED) is 0.360. The molecule has 2 N–H and O–H groups in total. The molecule has 3 nitrogen and oxygen atoms in total. The van der Waals surface area contributed by atoms with Gasteiger partial charge in [0.1, 0.15) is 4.64 Å². The van der Waals surface area contributed by atoms with Crippen molar-refractivity contribution in [1.82, 2.24) is 15.4 Å². The molecule has 0 fully saturated rings. The van der Waals surface area contributed by atoms with Crippen LogP contribution in [0.5, 0.6) is 0 Å². The second-order valence-electron chi connectivity index (χ2n) is 1.19. The van der Waals surface area contributed by atoms with E-state index in [2.05, 4.69) is 15.4 Å². The Labute approximate surface area is 85.6 Å². The van der Waals surface area contributed by atoms with Gasteiger partial charge in [0.05, 0.1) is 10.7 Å². The SMILES string of the molecule is S=c1cn[nH][nH]c1=S.[H-].[Na+]. The third-order valence-electron chi connectivity index (χ3n) is 0.640. The summed E-state index contributed by atoms with van der Waals surface area (Å²) < 4.78 is 1.09. The zero-order valence-electron chi connectivity index (χ0n) is 5.84. The minimum atomic E-state index is 0. The van der Waals surface area contributed by atoms with Gasteiger partial charge in [-0.25, -0.2) is 5.21 Å². The van der Waals surface area contributed by atoms with Crippen LogP contribution in [0.3, 0.4) is 0 Å². The van der Waals surface area contributed by atoms with E-state index in [1.54, 1.807) is 0 Å². The van der Waals surface area contributed by atoms with Gasteiger partial charge in [-0.3, -0.25) is 5.10 Å².